The molecule has 0 radical (unpaired) electrons. The molecule has 1 unspecified atom stereocenters. The molecular weight excluding hydrogens is 557 g/mol. The van der Waals surface area contributed by atoms with Gasteiger partial charge in [-0.05, 0) is 80.8 Å². The van der Waals surface area contributed by atoms with Crippen LogP contribution in [0.1, 0.15) is 76.3 Å². The summed E-state index contributed by atoms with van der Waals surface area (Å²) in [6.45, 7) is 6.22. The Kier molecular flexibility index (Phi) is 7.80. The van der Waals surface area contributed by atoms with Gasteiger partial charge in [-0.3, -0.25) is 9.59 Å². The molecule has 0 spiro atoms. The summed E-state index contributed by atoms with van der Waals surface area (Å²) in [5.74, 6) is -5.30. The third-order valence-corrected chi connectivity index (χ3v) is 8.30. The van der Waals surface area contributed by atoms with Crippen LogP contribution in [-0.4, -0.2) is 29.3 Å². The van der Waals surface area contributed by atoms with Gasteiger partial charge in [0.1, 0.15) is 11.3 Å². The number of ether oxygens (including phenoxy) is 1. The largest absolute Gasteiger partial charge is 0.460 e. The zero-order valence-electron chi connectivity index (χ0n) is 22.1. The smallest absolute Gasteiger partial charge is 0.392 e. The summed E-state index contributed by atoms with van der Waals surface area (Å²) in [6.07, 6.45) is -3.68. The van der Waals surface area contributed by atoms with E-state index in [1.165, 1.54) is 30.3 Å². The molecule has 0 aromatic heterocycles. The molecule has 0 heterocycles. The molecule has 2 bridgehead atoms. The number of nitrogens with one attached hydrogen (secondary N) is 1. The first kappa shape index (κ1) is 29.7. The Morgan fingerprint density at radius 3 is 2.08 bits per heavy atom. The number of alkyl halides is 4. The molecule has 3 saturated carbocycles. The number of carbonyl (C=O) groups is 2. The van der Waals surface area contributed by atoms with Crippen molar-refractivity contribution in [3.05, 3.63) is 63.6 Å². The summed E-state index contributed by atoms with van der Waals surface area (Å²) in [7, 11) is 0. The molecule has 5 rings (SSSR count). The number of amides is 1. The fraction of sp³-hybridized carbons (Fsp3) is 0.517. The van der Waals surface area contributed by atoms with Crippen LogP contribution in [0, 0.1) is 11.3 Å². The molecule has 2 aromatic carbocycles. The zero-order valence-corrected chi connectivity index (χ0v) is 23.6. The molecule has 0 aliphatic heterocycles. The molecule has 3 atom stereocenters. The Morgan fingerprint density at radius 2 is 1.56 bits per heavy atom. The quantitative estimate of drug-likeness (QED) is 0.248. The molecule has 39 heavy (non-hydrogen) atoms. The third-order valence-electron chi connectivity index (χ3n) is 7.72. The molecule has 3 aliphatic carbocycles. The van der Waals surface area contributed by atoms with Crippen molar-refractivity contribution in [2.45, 2.75) is 82.7 Å². The summed E-state index contributed by atoms with van der Waals surface area (Å²) >= 11 is 12.3. The molecule has 2 aromatic rings. The molecular formula is C29H31Cl2F4NO3. The van der Waals surface area contributed by atoms with Crippen LogP contribution in [0.15, 0.2) is 42.5 Å². The van der Waals surface area contributed by atoms with E-state index in [1.54, 1.807) is 32.9 Å². The number of halogens is 6. The van der Waals surface area contributed by atoms with Crippen LogP contribution >= 0.6 is 23.2 Å². The van der Waals surface area contributed by atoms with Crippen LogP contribution in [0.3, 0.4) is 0 Å². The van der Waals surface area contributed by atoms with E-state index in [4.69, 9.17) is 27.9 Å². The number of esters is 1. The van der Waals surface area contributed by atoms with Gasteiger partial charge in [0.05, 0.1) is 29.0 Å². The van der Waals surface area contributed by atoms with E-state index < -0.39 is 52.5 Å². The van der Waals surface area contributed by atoms with Crippen molar-refractivity contribution in [3.8, 4) is 0 Å². The lowest BCUT2D eigenvalue weighted by Crippen LogP contribution is -2.66. The minimum atomic E-state index is -4.64. The molecule has 3 aliphatic rings. The maximum absolute atomic E-state index is 14.5. The van der Waals surface area contributed by atoms with E-state index in [0.29, 0.717) is 29.8 Å². The third kappa shape index (κ3) is 6.37. The molecule has 1 amide bonds. The lowest BCUT2D eigenvalue weighted by Gasteiger charge is -2.69. The maximum Gasteiger partial charge on any atom is 0.392 e. The Morgan fingerprint density at radius 1 is 1.00 bits per heavy atom. The van der Waals surface area contributed by atoms with Crippen molar-refractivity contribution in [1.29, 1.82) is 0 Å². The van der Waals surface area contributed by atoms with Crippen LogP contribution in [0.25, 0.3) is 0 Å². The number of anilines is 1. The molecule has 0 saturated heterocycles. The highest BCUT2D eigenvalue weighted by molar-refractivity contribution is 6.33. The standard InChI is InChI=1S/C29H31Cl2F4NO3/c1-16(29(33,34)35)24(17-5-8-19(30)9-6-17)25(38)36-22-11-18(7-10-21(22)31)20(12-23(37)39-26(2,3)4)27-13-28(32,14-27)15-27/h5-11,16,20,24H,12-15H2,1-4H3,(H,36,38)/t16-,20?,24+,27?,28?/m1/s1. The van der Waals surface area contributed by atoms with Gasteiger partial charge in [0.25, 0.3) is 0 Å². The first-order valence-electron chi connectivity index (χ1n) is 12.7. The normalized spacial score (nSPS) is 24.6. The predicted octanol–water partition coefficient (Wildman–Crippen LogP) is 8.62. The Balaban J connectivity index is 1.63. The summed E-state index contributed by atoms with van der Waals surface area (Å²) in [5, 5.41) is 3.03. The maximum atomic E-state index is 14.5. The topological polar surface area (TPSA) is 55.4 Å². The minimum Gasteiger partial charge on any atom is -0.460 e. The Hall–Kier alpha value is -2.32. The van der Waals surface area contributed by atoms with Crippen molar-refractivity contribution < 1.29 is 31.9 Å². The highest BCUT2D eigenvalue weighted by Gasteiger charge is 2.71. The van der Waals surface area contributed by atoms with E-state index in [1.807, 2.05) is 0 Å². The monoisotopic (exact) mass is 587 g/mol. The highest BCUT2D eigenvalue weighted by atomic mass is 35.5. The highest BCUT2D eigenvalue weighted by Crippen LogP contribution is 2.75. The van der Waals surface area contributed by atoms with Gasteiger partial charge in [-0.1, -0.05) is 48.3 Å². The fourth-order valence-electron chi connectivity index (χ4n) is 5.94. The van der Waals surface area contributed by atoms with Crippen LogP contribution in [0.2, 0.25) is 10.0 Å². The van der Waals surface area contributed by atoms with Crippen molar-refractivity contribution in [2.24, 2.45) is 11.3 Å². The van der Waals surface area contributed by atoms with Crippen LogP contribution < -0.4 is 5.32 Å². The summed E-state index contributed by atoms with van der Waals surface area (Å²) in [6, 6.07) is 10.4. The molecule has 4 nitrogen and oxygen atoms in total. The molecule has 3 fully saturated rings. The first-order valence-corrected chi connectivity index (χ1v) is 13.5. The average Bonchev–Trinajstić information content (AvgIpc) is 2.76. The van der Waals surface area contributed by atoms with Gasteiger partial charge >= 0.3 is 12.1 Å². The lowest BCUT2D eigenvalue weighted by molar-refractivity contribution is -0.229. The number of carbonyl (C=O) groups excluding carboxylic acids is 2. The lowest BCUT2D eigenvalue weighted by atomic mass is 9.37. The SMILES string of the molecule is C[C@H]([C@H](C(=O)Nc1cc(C(CC(=O)OC(C)(C)C)C23CC(F)(C2)C3)ccc1Cl)c1ccc(Cl)cc1)C(F)(F)F. The predicted molar refractivity (Wildman–Crippen MR) is 143 cm³/mol. The van der Waals surface area contributed by atoms with Crippen molar-refractivity contribution in [1.82, 2.24) is 0 Å². The van der Waals surface area contributed by atoms with Gasteiger partial charge in [0, 0.05) is 10.9 Å². The van der Waals surface area contributed by atoms with E-state index in [0.717, 1.165) is 6.92 Å². The summed E-state index contributed by atoms with van der Waals surface area (Å²) < 4.78 is 61.3. The zero-order chi connectivity index (χ0) is 29.0. The van der Waals surface area contributed by atoms with Crippen LogP contribution in [0.5, 0.6) is 0 Å². The number of hydrogen-bond donors (Lipinski definition) is 1. The van der Waals surface area contributed by atoms with E-state index in [2.05, 4.69) is 5.32 Å². The average molecular weight is 588 g/mol. The number of rotatable bonds is 8. The molecule has 212 valence electrons. The van der Waals surface area contributed by atoms with E-state index in [9.17, 15) is 27.2 Å². The Bertz CT molecular complexity index is 1240. The van der Waals surface area contributed by atoms with Crippen LogP contribution in [0.4, 0.5) is 23.2 Å². The fourth-order valence-corrected chi connectivity index (χ4v) is 6.23. The van der Waals surface area contributed by atoms with Gasteiger partial charge < -0.3 is 10.1 Å². The van der Waals surface area contributed by atoms with Gasteiger partial charge in [-0.2, -0.15) is 13.2 Å². The minimum absolute atomic E-state index is 0.000869. The summed E-state index contributed by atoms with van der Waals surface area (Å²) in [5.41, 5.74) is -1.43. The van der Waals surface area contributed by atoms with Crippen molar-refractivity contribution in [3.63, 3.8) is 0 Å². The number of benzene rings is 2. The number of hydrogen-bond acceptors (Lipinski definition) is 3. The van der Waals surface area contributed by atoms with Gasteiger partial charge in [0.15, 0.2) is 0 Å². The molecule has 10 heteroatoms. The van der Waals surface area contributed by atoms with E-state index in [-0.39, 0.29) is 22.7 Å². The Labute approximate surface area is 235 Å². The van der Waals surface area contributed by atoms with E-state index >= 15 is 0 Å². The molecule has 1 N–H and O–H groups in total. The summed E-state index contributed by atoms with van der Waals surface area (Å²) in [4.78, 5) is 26.1. The first-order chi connectivity index (χ1) is 17.9. The van der Waals surface area contributed by atoms with Gasteiger partial charge in [-0.25, -0.2) is 4.39 Å². The second-order valence-corrected chi connectivity index (χ2v) is 12.8. The van der Waals surface area contributed by atoms with Crippen molar-refractivity contribution >= 4 is 40.8 Å². The van der Waals surface area contributed by atoms with Crippen LogP contribution in [-0.2, 0) is 14.3 Å². The second kappa shape index (κ2) is 10.3. The van der Waals surface area contributed by atoms with Gasteiger partial charge in [0.2, 0.25) is 5.91 Å². The van der Waals surface area contributed by atoms with Gasteiger partial charge in [-0.15, -0.1) is 0 Å². The van der Waals surface area contributed by atoms with Crippen molar-refractivity contribution in [2.75, 3.05) is 5.32 Å². The second-order valence-electron chi connectivity index (χ2n) is 12.0.